The smallest absolute Gasteiger partial charge is 0.335 e. The monoisotopic (exact) mass is 704 g/mol. The van der Waals surface area contributed by atoms with Gasteiger partial charge in [0, 0.05) is 4.47 Å². The molecule has 1 fully saturated rings. The van der Waals surface area contributed by atoms with Crippen LogP contribution in [0, 0.1) is 6.92 Å². The molecule has 0 spiro atoms. The van der Waals surface area contributed by atoms with Crippen LogP contribution in [0.4, 0.5) is 10.5 Å². The van der Waals surface area contributed by atoms with E-state index in [9.17, 15) is 14.4 Å². The molecule has 4 aromatic rings. The molecule has 1 N–H and O–H groups in total. The van der Waals surface area contributed by atoms with Crippen molar-refractivity contribution in [3.63, 3.8) is 0 Å². The Bertz CT molecular complexity index is 1700. The summed E-state index contributed by atoms with van der Waals surface area (Å²) >= 11 is 6.92. The number of aryl methyl sites for hydroxylation is 1. The molecule has 43 heavy (non-hydrogen) atoms. The predicted octanol–water partition coefficient (Wildman–Crippen LogP) is 7.35. The topological polar surface area (TPSA) is 94.2 Å². The number of imide groups is 2. The van der Waals surface area contributed by atoms with Crippen molar-refractivity contribution < 1.29 is 28.6 Å². The third kappa shape index (κ3) is 7.15. The number of amides is 4. The average molecular weight is 706 g/mol. The number of rotatable bonds is 9. The first-order valence-electron chi connectivity index (χ1n) is 13.2. The number of benzene rings is 4. The first kappa shape index (κ1) is 30.1. The number of nitrogens with zero attached hydrogens (tertiary/aromatic N) is 1. The summed E-state index contributed by atoms with van der Waals surface area (Å²) in [6.45, 7) is 2.69. The van der Waals surface area contributed by atoms with Gasteiger partial charge in [0.15, 0.2) is 11.5 Å². The standard InChI is InChI=1S/C33H26Br2N2O6/c1-20-3-5-21(6-4-20)19-43-30-28(35)16-23(17-29(30)41-2)15-27-31(38)36-33(40)37(32(27)39)25-11-13-26(14-12-25)42-18-22-7-9-24(34)10-8-22/h3-17H,18-19H2,1-2H3,(H,36,38,40)/b27-15+. The Morgan fingerprint density at radius 1 is 0.814 bits per heavy atom. The van der Waals surface area contributed by atoms with Crippen LogP contribution in [-0.2, 0) is 22.8 Å². The number of hydrogen-bond donors (Lipinski definition) is 1. The normalized spacial score (nSPS) is 14.1. The van der Waals surface area contributed by atoms with Gasteiger partial charge in [0.1, 0.15) is 24.5 Å². The van der Waals surface area contributed by atoms with Gasteiger partial charge in [-0.05, 0) is 94.2 Å². The lowest BCUT2D eigenvalue weighted by Crippen LogP contribution is -2.54. The zero-order valence-corrected chi connectivity index (χ0v) is 26.4. The third-order valence-corrected chi connectivity index (χ3v) is 7.70. The van der Waals surface area contributed by atoms with E-state index in [1.807, 2.05) is 55.5 Å². The second-order valence-electron chi connectivity index (χ2n) is 9.68. The van der Waals surface area contributed by atoms with Gasteiger partial charge < -0.3 is 14.2 Å². The van der Waals surface area contributed by atoms with Gasteiger partial charge in [0.05, 0.1) is 17.3 Å². The van der Waals surface area contributed by atoms with Gasteiger partial charge in [-0.25, -0.2) is 9.69 Å². The van der Waals surface area contributed by atoms with Crippen LogP contribution in [0.3, 0.4) is 0 Å². The van der Waals surface area contributed by atoms with E-state index in [0.29, 0.717) is 40.5 Å². The Hall–Kier alpha value is -4.41. The van der Waals surface area contributed by atoms with Crippen LogP contribution < -0.4 is 24.4 Å². The van der Waals surface area contributed by atoms with Crippen LogP contribution in [0.5, 0.6) is 17.2 Å². The molecule has 0 unspecified atom stereocenters. The highest BCUT2D eigenvalue weighted by atomic mass is 79.9. The lowest BCUT2D eigenvalue weighted by atomic mass is 10.1. The van der Waals surface area contributed by atoms with Crippen LogP contribution >= 0.6 is 31.9 Å². The summed E-state index contributed by atoms with van der Waals surface area (Å²) in [5.41, 5.74) is 3.70. The Labute approximate surface area is 265 Å². The summed E-state index contributed by atoms with van der Waals surface area (Å²) in [5.74, 6) is -0.111. The molecule has 5 rings (SSSR count). The first-order valence-corrected chi connectivity index (χ1v) is 14.7. The number of carbonyl (C=O) groups is 3. The van der Waals surface area contributed by atoms with Crippen molar-refractivity contribution in [3.05, 3.63) is 122 Å². The Morgan fingerprint density at radius 3 is 2.09 bits per heavy atom. The van der Waals surface area contributed by atoms with Crippen LogP contribution in [0.15, 0.2) is 99.4 Å². The number of barbiturate groups is 1. The maximum absolute atomic E-state index is 13.4. The van der Waals surface area contributed by atoms with E-state index in [4.69, 9.17) is 14.2 Å². The minimum absolute atomic E-state index is 0.211. The molecule has 0 radical (unpaired) electrons. The number of ether oxygens (including phenoxy) is 3. The molecule has 8 nitrogen and oxygen atoms in total. The van der Waals surface area contributed by atoms with Crippen LogP contribution in [0.1, 0.15) is 22.3 Å². The van der Waals surface area contributed by atoms with Gasteiger partial charge in [0.25, 0.3) is 11.8 Å². The van der Waals surface area contributed by atoms with Crippen molar-refractivity contribution in [2.24, 2.45) is 0 Å². The molecular formula is C33H26Br2N2O6. The van der Waals surface area contributed by atoms with E-state index in [0.717, 1.165) is 26.1 Å². The largest absolute Gasteiger partial charge is 0.493 e. The molecule has 0 aromatic heterocycles. The third-order valence-electron chi connectivity index (χ3n) is 6.58. The number of halogens is 2. The molecule has 0 saturated carbocycles. The number of nitrogens with one attached hydrogen (secondary N) is 1. The van der Waals surface area contributed by atoms with E-state index in [1.54, 1.807) is 36.4 Å². The summed E-state index contributed by atoms with van der Waals surface area (Å²) in [6.07, 6.45) is 1.41. The van der Waals surface area contributed by atoms with Crippen LogP contribution in [0.25, 0.3) is 6.08 Å². The number of urea groups is 1. The zero-order valence-electron chi connectivity index (χ0n) is 23.2. The molecule has 0 atom stereocenters. The van der Waals surface area contributed by atoms with Crippen molar-refractivity contribution in [2.45, 2.75) is 20.1 Å². The Balaban J connectivity index is 1.33. The lowest BCUT2D eigenvalue weighted by molar-refractivity contribution is -0.122. The van der Waals surface area contributed by atoms with Crippen molar-refractivity contribution in [3.8, 4) is 17.2 Å². The molecule has 1 heterocycles. The SMILES string of the molecule is COc1cc(/C=C2\C(=O)NC(=O)N(c3ccc(OCc4ccc(Br)cc4)cc3)C2=O)cc(Br)c1OCc1ccc(C)cc1. The summed E-state index contributed by atoms with van der Waals surface area (Å²) < 4.78 is 18.9. The molecule has 218 valence electrons. The van der Waals surface area contributed by atoms with Crippen molar-refractivity contribution in [1.82, 2.24) is 5.32 Å². The van der Waals surface area contributed by atoms with Crippen molar-refractivity contribution >= 4 is 61.5 Å². The molecule has 1 aliphatic rings. The van der Waals surface area contributed by atoms with Crippen LogP contribution in [-0.4, -0.2) is 25.0 Å². The second kappa shape index (κ2) is 13.3. The number of hydrogen-bond acceptors (Lipinski definition) is 6. The summed E-state index contributed by atoms with van der Waals surface area (Å²) in [5, 5.41) is 2.25. The lowest BCUT2D eigenvalue weighted by Gasteiger charge is -2.26. The Morgan fingerprint density at radius 2 is 1.44 bits per heavy atom. The highest BCUT2D eigenvalue weighted by molar-refractivity contribution is 9.10. The quantitative estimate of drug-likeness (QED) is 0.145. The van der Waals surface area contributed by atoms with Gasteiger partial charge >= 0.3 is 6.03 Å². The van der Waals surface area contributed by atoms with Gasteiger partial charge in [-0.1, -0.05) is 57.9 Å². The summed E-state index contributed by atoms with van der Waals surface area (Å²) in [6, 6.07) is 24.7. The molecular weight excluding hydrogens is 680 g/mol. The maximum atomic E-state index is 13.4. The van der Waals surface area contributed by atoms with E-state index in [-0.39, 0.29) is 11.3 Å². The number of methoxy groups -OCH3 is 1. The fourth-order valence-corrected chi connectivity index (χ4v) is 5.14. The minimum Gasteiger partial charge on any atom is -0.493 e. The molecule has 1 aliphatic heterocycles. The molecule has 1 saturated heterocycles. The Kier molecular flexibility index (Phi) is 9.27. The average Bonchev–Trinajstić information content (AvgIpc) is 2.99. The van der Waals surface area contributed by atoms with Crippen LogP contribution in [0.2, 0.25) is 0 Å². The summed E-state index contributed by atoms with van der Waals surface area (Å²) in [7, 11) is 1.50. The van der Waals surface area contributed by atoms with E-state index in [1.165, 1.54) is 13.2 Å². The molecule has 4 aromatic carbocycles. The second-order valence-corrected chi connectivity index (χ2v) is 11.4. The first-order chi connectivity index (χ1) is 20.7. The molecule has 10 heteroatoms. The van der Waals surface area contributed by atoms with Gasteiger partial charge in [-0.3, -0.25) is 14.9 Å². The number of anilines is 1. The zero-order chi connectivity index (χ0) is 30.5. The maximum Gasteiger partial charge on any atom is 0.335 e. The van der Waals surface area contributed by atoms with E-state index in [2.05, 4.69) is 37.2 Å². The van der Waals surface area contributed by atoms with Gasteiger partial charge in [-0.2, -0.15) is 0 Å². The highest BCUT2D eigenvalue weighted by Gasteiger charge is 2.37. The number of carbonyl (C=O) groups excluding carboxylic acids is 3. The van der Waals surface area contributed by atoms with Crippen molar-refractivity contribution in [2.75, 3.05) is 12.0 Å². The van der Waals surface area contributed by atoms with Crippen molar-refractivity contribution in [1.29, 1.82) is 0 Å². The van der Waals surface area contributed by atoms with E-state index >= 15 is 0 Å². The van der Waals surface area contributed by atoms with Gasteiger partial charge in [0.2, 0.25) is 0 Å². The van der Waals surface area contributed by atoms with E-state index < -0.39 is 17.8 Å². The fourth-order valence-electron chi connectivity index (χ4n) is 4.30. The summed E-state index contributed by atoms with van der Waals surface area (Å²) in [4.78, 5) is 39.8. The van der Waals surface area contributed by atoms with Gasteiger partial charge in [-0.15, -0.1) is 0 Å². The fraction of sp³-hybridized carbons (Fsp3) is 0.121. The predicted molar refractivity (Wildman–Crippen MR) is 170 cm³/mol. The molecule has 0 aliphatic carbocycles. The molecule has 0 bridgehead atoms. The minimum atomic E-state index is -0.839. The molecule has 4 amide bonds. The highest BCUT2D eigenvalue weighted by Crippen LogP contribution is 2.38.